The molecule has 0 amide bonds. The van der Waals surface area contributed by atoms with Gasteiger partial charge in [-0.05, 0) is 24.7 Å². The zero-order valence-corrected chi connectivity index (χ0v) is 10.3. The molecule has 3 unspecified atom stereocenters. The maximum Gasteiger partial charge on any atom is 0.355 e. The van der Waals surface area contributed by atoms with Crippen LogP contribution in [0.5, 0.6) is 0 Å². The van der Waals surface area contributed by atoms with E-state index in [9.17, 15) is 4.79 Å². The number of aromatic carboxylic acids is 1. The monoisotopic (exact) mass is 240 g/mol. The largest absolute Gasteiger partial charge is 0.476 e. The first-order chi connectivity index (χ1) is 7.58. The lowest BCUT2D eigenvalue weighted by Gasteiger charge is -2.18. The number of hydrogen-bond donors (Lipinski definition) is 2. The van der Waals surface area contributed by atoms with Gasteiger partial charge >= 0.3 is 5.97 Å². The van der Waals surface area contributed by atoms with E-state index in [4.69, 9.17) is 5.11 Å². The summed E-state index contributed by atoms with van der Waals surface area (Å²) in [6, 6.07) is 0.433. The molecule has 1 aromatic rings. The minimum absolute atomic E-state index is 0.131. The van der Waals surface area contributed by atoms with E-state index in [1.54, 1.807) is 5.38 Å². The third-order valence-corrected chi connectivity index (χ3v) is 4.27. The average molecular weight is 240 g/mol. The Bertz CT molecular complexity index is 391. The van der Waals surface area contributed by atoms with Gasteiger partial charge in [0.2, 0.25) is 0 Å². The van der Waals surface area contributed by atoms with Gasteiger partial charge in [-0.15, -0.1) is 11.3 Å². The standard InChI is InChI=1S/C11H16N2O2S/c1-6-3-4-8(7(6)2)12-11-13-9(5-16-11)10(14)15/h5-8H,3-4H2,1-2H3,(H,12,13)(H,14,15). The van der Waals surface area contributed by atoms with E-state index in [-0.39, 0.29) is 5.69 Å². The summed E-state index contributed by atoms with van der Waals surface area (Å²) in [5.41, 5.74) is 0.131. The molecule has 1 saturated carbocycles. The third kappa shape index (κ3) is 2.19. The molecule has 5 heteroatoms. The normalized spacial score (nSPS) is 29.2. The van der Waals surface area contributed by atoms with Crippen molar-refractivity contribution in [3.63, 3.8) is 0 Å². The van der Waals surface area contributed by atoms with Crippen LogP contribution in [-0.4, -0.2) is 22.1 Å². The summed E-state index contributed by atoms with van der Waals surface area (Å²) in [7, 11) is 0. The van der Waals surface area contributed by atoms with Gasteiger partial charge in [-0.25, -0.2) is 9.78 Å². The van der Waals surface area contributed by atoms with Crippen molar-refractivity contribution in [3.8, 4) is 0 Å². The van der Waals surface area contributed by atoms with E-state index in [1.807, 2.05) is 0 Å². The number of carbonyl (C=O) groups is 1. The van der Waals surface area contributed by atoms with Gasteiger partial charge in [-0.3, -0.25) is 0 Å². The van der Waals surface area contributed by atoms with E-state index >= 15 is 0 Å². The van der Waals surface area contributed by atoms with E-state index in [2.05, 4.69) is 24.1 Å². The Labute approximate surface area is 98.7 Å². The van der Waals surface area contributed by atoms with Crippen molar-refractivity contribution in [1.82, 2.24) is 4.98 Å². The van der Waals surface area contributed by atoms with Crippen LogP contribution in [0.4, 0.5) is 5.13 Å². The van der Waals surface area contributed by atoms with Crippen LogP contribution in [0, 0.1) is 11.8 Å². The lowest BCUT2D eigenvalue weighted by Crippen LogP contribution is -2.23. The number of thiazole rings is 1. The molecule has 0 aromatic carbocycles. The number of hydrogen-bond acceptors (Lipinski definition) is 4. The highest BCUT2D eigenvalue weighted by atomic mass is 32.1. The molecule has 0 saturated heterocycles. The molecule has 1 heterocycles. The first-order valence-electron chi connectivity index (χ1n) is 5.53. The highest BCUT2D eigenvalue weighted by Crippen LogP contribution is 2.33. The molecule has 3 atom stereocenters. The highest BCUT2D eigenvalue weighted by molar-refractivity contribution is 7.13. The molecule has 88 valence electrons. The number of nitrogens with one attached hydrogen (secondary N) is 1. The van der Waals surface area contributed by atoms with Crippen molar-refractivity contribution in [2.24, 2.45) is 11.8 Å². The van der Waals surface area contributed by atoms with Crippen LogP contribution in [0.2, 0.25) is 0 Å². The Morgan fingerprint density at radius 2 is 2.31 bits per heavy atom. The molecule has 0 aliphatic heterocycles. The number of anilines is 1. The molecule has 0 spiro atoms. The molecule has 1 aliphatic carbocycles. The lowest BCUT2D eigenvalue weighted by atomic mass is 9.98. The summed E-state index contributed by atoms with van der Waals surface area (Å²) in [4.78, 5) is 14.7. The zero-order chi connectivity index (χ0) is 11.7. The molecule has 1 aromatic heterocycles. The lowest BCUT2D eigenvalue weighted by molar-refractivity contribution is 0.0691. The van der Waals surface area contributed by atoms with Gasteiger partial charge in [0.05, 0.1) is 0 Å². The number of nitrogens with zero attached hydrogens (tertiary/aromatic N) is 1. The fraction of sp³-hybridized carbons (Fsp3) is 0.636. The first-order valence-corrected chi connectivity index (χ1v) is 6.41. The van der Waals surface area contributed by atoms with E-state index < -0.39 is 5.97 Å². The molecular weight excluding hydrogens is 224 g/mol. The zero-order valence-electron chi connectivity index (χ0n) is 9.43. The Morgan fingerprint density at radius 1 is 1.56 bits per heavy atom. The van der Waals surface area contributed by atoms with Gasteiger partial charge in [0.25, 0.3) is 0 Å². The van der Waals surface area contributed by atoms with Gasteiger partial charge in [-0.2, -0.15) is 0 Å². The predicted octanol–water partition coefficient (Wildman–Crippen LogP) is 2.69. The highest BCUT2D eigenvalue weighted by Gasteiger charge is 2.30. The number of aromatic nitrogens is 1. The molecule has 4 nitrogen and oxygen atoms in total. The van der Waals surface area contributed by atoms with E-state index in [1.165, 1.54) is 17.8 Å². The number of rotatable bonds is 3. The Balaban J connectivity index is 2.01. The Hall–Kier alpha value is -1.10. The maximum absolute atomic E-state index is 10.7. The van der Waals surface area contributed by atoms with Crippen LogP contribution >= 0.6 is 11.3 Å². The minimum Gasteiger partial charge on any atom is -0.476 e. The van der Waals surface area contributed by atoms with E-state index in [0.29, 0.717) is 12.0 Å². The van der Waals surface area contributed by atoms with Gasteiger partial charge in [0.1, 0.15) is 0 Å². The molecule has 0 bridgehead atoms. The molecule has 1 aliphatic rings. The Morgan fingerprint density at radius 3 is 2.81 bits per heavy atom. The summed E-state index contributed by atoms with van der Waals surface area (Å²) in [6.45, 7) is 4.50. The summed E-state index contributed by atoms with van der Waals surface area (Å²) in [5.74, 6) is 0.394. The predicted molar refractivity (Wildman–Crippen MR) is 64.0 cm³/mol. The topological polar surface area (TPSA) is 62.2 Å². The fourth-order valence-corrected chi connectivity index (χ4v) is 2.91. The van der Waals surface area contributed by atoms with Gasteiger partial charge in [0.15, 0.2) is 10.8 Å². The summed E-state index contributed by atoms with van der Waals surface area (Å²) < 4.78 is 0. The SMILES string of the molecule is CC1CCC(Nc2nc(C(=O)O)cs2)C1C. The van der Waals surface area contributed by atoms with Crippen molar-refractivity contribution in [1.29, 1.82) is 0 Å². The summed E-state index contributed by atoms with van der Waals surface area (Å²) in [6.07, 6.45) is 2.38. The van der Waals surface area contributed by atoms with Crippen molar-refractivity contribution in [3.05, 3.63) is 11.1 Å². The van der Waals surface area contributed by atoms with Gasteiger partial charge in [-0.1, -0.05) is 13.8 Å². The average Bonchev–Trinajstić information content (AvgIpc) is 2.81. The van der Waals surface area contributed by atoms with Crippen molar-refractivity contribution < 1.29 is 9.90 Å². The molecule has 0 radical (unpaired) electrons. The quantitative estimate of drug-likeness (QED) is 0.852. The number of carboxylic acids is 1. The minimum atomic E-state index is -0.961. The molecular formula is C11H16N2O2S. The van der Waals surface area contributed by atoms with E-state index in [0.717, 1.165) is 17.5 Å². The second-order valence-electron chi connectivity index (χ2n) is 4.51. The van der Waals surface area contributed by atoms with Crippen LogP contribution in [0.25, 0.3) is 0 Å². The van der Waals surface area contributed by atoms with Gasteiger partial charge < -0.3 is 10.4 Å². The van der Waals surface area contributed by atoms with Crippen LogP contribution in [0.3, 0.4) is 0 Å². The second-order valence-corrected chi connectivity index (χ2v) is 5.37. The van der Waals surface area contributed by atoms with Crippen LogP contribution in [0.1, 0.15) is 37.2 Å². The summed E-state index contributed by atoms with van der Waals surface area (Å²) >= 11 is 1.36. The molecule has 2 rings (SSSR count). The summed E-state index contributed by atoms with van der Waals surface area (Å²) in [5, 5.41) is 14.4. The van der Waals surface area contributed by atoms with Crippen LogP contribution in [-0.2, 0) is 0 Å². The first kappa shape index (κ1) is 11.4. The molecule has 2 N–H and O–H groups in total. The van der Waals surface area contributed by atoms with Crippen molar-refractivity contribution in [2.75, 3.05) is 5.32 Å². The number of carboxylic acid groups (broad SMARTS) is 1. The molecule has 1 fully saturated rings. The smallest absolute Gasteiger partial charge is 0.355 e. The van der Waals surface area contributed by atoms with Crippen molar-refractivity contribution >= 4 is 22.4 Å². The molecule has 16 heavy (non-hydrogen) atoms. The van der Waals surface area contributed by atoms with Crippen LogP contribution < -0.4 is 5.32 Å². The van der Waals surface area contributed by atoms with Gasteiger partial charge in [0, 0.05) is 11.4 Å². The van der Waals surface area contributed by atoms with Crippen molar-refractivity contribution in [2.45, 2.75) is 32.7 Å². The second kappa shape index (κ2) is 4.41. The fourth-order valence-electron chi connectivity index (χ4n) is 2.17. The Kier molecular flexibility index (Phi) is 3.14. The third-order valence-electron chi connectivity index (χ3n) is 3.50. The maximum atomic E-state index is 10.7. The van der Waals surface area contributed by atoms with Crippen LogP contribution in [0.15, 0.2) is 5.38 Å².